The molecule has 6 nitrogen and oxygen atoms in total. The van der Waals surface area contributed by atoms with Gasteiger partial charge in [-0.3, -0.25) is 14.3 Å². The first kappa shape index (κ1) is 21.1. The molecule has 10 heteroatoms. The first-order valence-electron chi connectivity index (χ1n) is 8.94. The number of hydrogen-bond donors (Lipinski definition) is 1. The van der Waals surface area contributed by atoms with Crippen molar-refractivity contribution in [3.8, 4) is 0 Å². The Morgan fingerprint density at radius 3 is 2.20 bits per heavy atom. The number of imidazole rings is 1. The van der Waals surface area contributed by atoms with Crippen molar-refractivity contribution in [3.05, 3.63) is 79.4 Å². The Hall–Kier alpha value is -2.13. The van der Waals surface area contributed by atoms with Gasteiger partial charge in [0.15, 0.2) is 16.3 Å². The van der Waals surface area contributed by atoms with Crippen LogP contribution in [0.4, 0.5) is 0 Å². The molecule has 2 heterocycles. The van der Waals surface area contributed by atoms with Gasteiger partial charge in [-0.15, -0.1) is 11.8 Å². The Kier molecular flexibility index (Phi) is 6.29. The van der Waals surface area contributed by atoms with Crippen LogP contribution in [0.1, 0.15) is 0 Å². The highest BCUT2D eigenvalue weighted by molar-refractivity contribution is 7.99. The van der Waals surface area contributed by atoms with Crippen LogP contribution in [-0.4, -0.2) is 24.9 Å². The van der Waals surface area contributed by atoms with Gasteiger partial charge in [0.05, 0.1) is 0 Å². The number of benzene rings is 2. The van der Waals surface area contributed by atoms with Crippen molar-refractivity contribution in [2.75, 3.05) is 5.75 Å². The van der Waals surface area contributed by atoms with Crippen LogP contribution in [0.15, 0.2) is 73.1 Å². The average Bonchev–Trinajstić information content (AvgIpc) is 3.08. The smallest absolute Gasteiger partial charge is 0.312 e. The van der Waals surface area contributed by atoms with Gasteiger partial charge in [0.25, 0.3) is 5.56 Å². The second kappa shape index (κ2) is 8.93. The lowest BCUT2D eigenvalue weighted by Gasteiger charge is -2.09. The maximum absolute atomic E-state index is 12.6. The minimum absolute atomic E-state index is 0.358. The van der Waals surface area contributed by atoms with Crippen molar-refractivity contribution in [3.63, 3.8) is 0 Å². The predicted molar refractivity (Wildman–Crippen MR) is 123 cm³/mol. The quantitative estimate of drug-likeness (QED) is 0.407. The van der Waals surface area contributed by atoms with Crippen LogP contribution in [0.3, 0.4) is 0 Å². The van der Waals surface area contributed by atoms with E-state index >= 15 is 0 Å². The summed E-state index contributed by atoms with van der Waals surface area (Å²) in [4.78, 5) is 33.6. The van der Waals surface area contributed by atoms with Crippen molar-refractivity contribution in [1.29, 1.82) is 0 Å². The van der Waals surface area contributed by atoms with Gasteiger partial charge in [-0.2, -0.15) is 0 Å². The third-order valence-corrected chi connectivity index (χ3v) is 6.89. The molecule has 0 aliphatic rings. The van der Waals surface area contributed by atoms with Crippen LogP contribution in [-0.2, 0) is 13.6 Å². The first-order valence-corrected chi connectivity index (χ1v) is 11.5. The van der Waals surface area contributed by atoms with E-state index in [9.17, 15) is 9.59 Å². The van der Waals surface area contributed by atoms with Crippen LogP contribution in [0.2, 0.25) is 10.0 Å². The number of hydrogen-bond acceptors (Lipinski definition) is 5. The SMILES string of the molecule is Cn1c(=O)[nH]c(=O)c2c1nc(Sc1ccc(Cl)cc1)n2CCSc1ccc(Cl)cc1. The molecule has 0 saturated carbocycles. The third-order valence-electron chi connectivity index (χ3n) is 4.39. The second-order valence-corrected chi connectivity index (χ2v) is 9.48. The van der Waals surface area contributed by atoms with Crippen molar-refractivity contribution in [2.24, 2.45) is 7.05 Å². The molecule has 0 saturated heterocycles. The Bertz CT molecular complexity index is 1310. The van der Waals surface area contributed by atoms with Gasteiger partial charge < -0.3 is 4.57 Å². The van der Waals surface area contributed by atoms with Gasteiger partial charge >= 0.3 is 5.69 Å². The highest BCUT2D eigenvalue weighted by Gasteiger charge is 2.18. The van der Waals surface area contributed by atoms with E-state index in [0.29, 0.717) is 38.7 Å². The number of aromatic amines is 1. The van der Waals surface area contributed by atoms with Crippen LogP contribution in [0, 0.1) is 0 Å². The summed E-state index contributed by atoms with van der Waals surface area (Å²) in [6, 6.07) is 15.0. The monoisotopic (exact) mass is 478 g/mol. The van der Waals surface area contributed by atoms with Crippen LogP contribution in [0.5, 0.6) is 0 Å². The number of thioether (sulfide) groups is 1. The molecule has 30 heavy (non-hydrogen) atoms. The van der Waals surface area contributed by atoms with Crippen LogP contribution in [0.25, 0.3) is 11.2 Å². The summed E-state index contributed by atoms with van der Waals surface area (Å²) in [5.41, 5.74) is -0.197. The molecule has 0 radical (unpaired) electrons. The molecular formula is C20H16Cl2N4O2S2. The molecule has 0 fully saturated rings. The number of aryl methyl sites for hydroxylation is 2. The highest BCUT2D eigenvalue weighted by Crippen LogP contribution is 2.30. The van der Waals surface area contributed by atoms with Crippen LogP contribution < -0.4 is 11.2 Å². The normalized spacial score (nSPS) is 11.3. The van der Waals surface area contributed by atoms with E-state index in [2.05, 4.69) is 9.97 Å². The summed E-state index contributed by atoms with van der Waals surface area (Å²) in [5.74, 6) is 0.712. The molecule has 2 aromatic heterocycles. The minimum Gasteiger partial charge on any atom is -0.312 e. The summed E-state index contributed by atoms with van der Waals surface area (Å²) >= 11 is 15.0. The summed E-state index contributed by atoms with van der Waals surface area (Å²) in [5, 5.41) is 1.97. The lowest BCUT2D eigenvalue weighted by molar-refractivity contribution is 0.707. The Labute approximate surface area is 190 Å². The molecule has 0 aliphatic heterocycles. The number of fused-ring (bicyclic) bond motifs is 1. The number of nitrogens with zero attached hydrogens (tertiary/aromatic N) is 3. The Balaban J connectivity index is 1.70. The van der Waals surface area contributed by atoms with Gasteiger partial charge in [0.1, 0.15) is 0 Å². The van der Waals surface area contributed by atoms with Gasteiger partial charge in [0.2, 0.25) is 0 Å². The van der Waals surface area contributed by atoms with E-state index in [1.807, 2.05) is 41.0 Å². The van der Waals surface area contributed by atoms with Crippen LogP contribution >= 0.6 is 46.7 Å². The third kappa shape index (κ3) is 4.46. The van der Waals surface area contributed by atoms with Crippen molar-refractivity contribution in [2.45, 2.75) is 21.5 Å². The van der Waals surface area contributed by atoms with Crippen molar-refractivity contribution >= 4 is 57.9 Å². The molecule has 0 atom stereocenters. The van der Waals surface area contributed by atoms with E-state index in [1.165, 1.54) is 16.3 Å². The van der Waals surface area contributed by atoms with E-state index in [0.717, 1.165) is 9.79 Å². The number of aromatic nitrogens is 4. The minimum atomic E-state index is -0.490. The zero-order chi connectivity index (χ0) is 21.3. The van der Waals surface area contributed by atoms with Crippen molar-refractivity contribution in [1.82, 2.24) is 19.1 Å². The molecule has 2 aromatic carbocycles. The fourth-order valence-corrected chi connectivity index (χ4v) is 4.89. The molecule has 0 spiro atoms. The molecule has 0 unspecified atom stereocenters. The van der Waals surface area contributed by atoms with Gasteiger partial charge in [-0.1, -0.05) is 35.0 Å². The number of halogens is 2. The summed E-state index contributed by atoms with van der Waals surface area (Å²) < 4.78 is 3.21. The van der Waals surface area contributed by atoms with E-state index < -0.39 is 11.2 Å². The zero-order valence-corrected chi connectivity index (χ0v) is 18.9. The van der Waals surface area contributed by atoms with E-state index in [1.54, 1.807) is 30.9 Å². The second-order valence-electron chi connectivity index (χ2n) is 6.39. The highest BCUT2D eigenvalue weighted by atomic mass is 35.5. The lowest BCUT2D eigenvalue weighted by Crippen LogP contribution is -2.29. The summed E-state index contributed by atoms with van der Waals surface area (Å²) in [6.45, 7) is 0.543. The maximum Gasteiger partial charge on any atom is 0.329 e. The summed E-state index contributed by atoms with van der Waals surface area (Å²) in [6.07, 6.45) is 0. The van der Waals surface area contributed by atoms with Crippen molar-refractivity contribution < 1.29 is 0 Å². The summed E-state index contributed by atoms with van der Waals surface area (Å²) in [7, 11) is 1.59. The first-order chi connectivity index (χ1) is 14.4. The molecular weight excluding hydrogens is 463 g/mol. The Morgan fingerprint density at radius 2 is 1.57 bits per heavy atom. The van der Waals surface area contributed by atoms with Gasteiger partial charge in [-0.25, -0.2) is 9.78 Å². The number of rotatable bonds is 6. The molecule has 0 amide bonds. The fraction of sp³-hybridized carbons (Fsp3) is 0.150. The van der Waals surface area contributed by atoms with Gasteiger partial charge in [0, 0.05) is 39.2 Å². The topological polar surface area (TPSA) is 72.7 Å². The maximum atomic E-state index is 12.6. The van der Waals surface area contributed by atoms with E-state index in [4.69, 9.17) is 23.2 Å². The molecule has 4 aromatic rings. The largest absolute Gasteiger partial charge is 0.329 e. The predicted octanol–water partition coefficient (Wildman–Crippen LogP) is 4.67. The number of H-pyrrole nitrogens is 1. The molecule has 0 aliphatic carbocycles. The standard InChI is InChI=1S/C20H16Cl2N4O2S2/c1-25-17-16(18(27)24-19(25)28)26(10-11-29-14-6-2-12(21)3-7-14)20(23-17)30-15-8-4-13(22)5-9-15/h2-9H,10-11H2,1H3,(H,24,27,28). The molecule has 4 rings (SSSR count). The van der Waals surface area contributed by atoms with Gasteiger partial charge in [-0.05, 0) is 48.5 Å². The number of nitrogens with one attached hydrogen (secondary N) is 1. The molecule has 0 bridgehead atoms. The molecule has 1 N–H and O–H groups in total. The van der Waals surface area contributed by atoms with E-state index in [-0.39, 0.29) is 0 Å². The molecule has 154 valence electrons. The Morgan fingerprint density at radius 1 is 0.967 bits per heavy atom. The fourth-order valence-electron chi connectivity index (χ4n) is 2.89. The lowest BCUT2D eigenvalue weighted by atomic mass is 10.4. The average molecular weight is 479 g/mol. The zero-order valence-electron chi connectivity index (χ0n) is 15.8.